The first-order valence-corrected chi connectivity index (χ1v) is 9.89. The summed E-state index contributed by atoms with van der Waals surface area (Å²) in [4.78, 5) is 4.56. The van der Waals surface area contributed by atoms with Crippen LogP contribution in [0.3, 0.4) is 0 Å². The highest BCUT2D eigenvalue weighted by atomic mass is 19.1. The average Bonchev–Trinajstić information content (AvgIpc) is 3.34. The van der Waals surface area contributed by atoms with E-state index in [1.54, 1.807) is 10.9 Å². The van der Waals surface area contributed by atoms with Gasteiger partial charge in [-0.3, -0.25) is 9.67 Å². The van der Waals surface area contributed by atoms with Gasteiger partial charge in [0.1, 0.15) is 0 Å². The van der Waals surface area contributed by atoms with Crippen LogP contribution in [0.15, 0.2) is 30.6 Å². The Kier molecular flexibility index (Phi) is 5.73. The smallest absolute Gasteiger partial charge is 0.171 e. The van der Waals surface area contributed by atoms with E-state index in [9.17, 15) is 8.78 Å². The van der Waals surface area contributed by atoms with Crippen LogP contribution in [0.2, 0.25) is 0 Å². The van der Waals surface area contributed by atoms with E-state index in [0.717, 1.165) is 33.7 Å². The Morgan fingerprint density at radius 3 is 2.45 bits per heavy atom. The predicted octanol–water partition coefficient (Wildman–Crippen LogP) is 3.72. The molecule has 162 valence electrons. The number of methoxy groups -OCH3 is 2. The van der Waals surface area contributed by atoms with Crippen LogP contribution in [0.5, 0.6) is 11.5 Å². The molecule has 1 N–H and O–H groups in total. The number of aliphatic hydroxyl groups is 1. The predicted molar refractivity (Wildman–Crippen MR) is 112 cm³/mol. The van der Waals surface area contributed by atoms with E-state index in [1.165, 1.54) is 20.3 Å². The Bertz CT molecular complexity index is 1140. The minimum atomic E-state index is -0.736. The molecule has 1 aliphatic carbocycles. The summed E-state index contributed by atoms with van der Waals surface area (Å²) in [7, 11) is 2.67. The number of rotatable bonds is 7. The van der Waals surface area contributed by atoms with Crippen molar-refractivity contribution in [1.82, 2.24) is 14.8 Å². The Balaban J connectivity index is 1.71. The van der Waals surface area contributed by atoms with Crippen LogP contribution in [0.1, 0.15) is 22.5 Å². The highest BCUT2D eigenvalue weighted by Gasteiger charge is 2.24. The van der Waals surface area contributed by atoms with Gasteiger partial charge < -0.3 is 14.6 Å². The maximum Gasteiger partial charge on any atom is 0.171 e. The topological polar surface area (TPSA) is 69.4 Å². The first-order chi connectivity index (χ1) is 15.0. The summed E-state index contributed by atoms with van der Waals surface area (Å²) in [5.74, 6) is -1.60. The summed E-state index contributed by atoms with van der Waals surface area (Å²) >= 11 is 0. The number of ether oxygens (including phenoxy) is 2. The number of aryl methyl sites for hydroxylation is 1. The summed E-state index contributed by atoms with van der Waals surface area (Å²) in [5.41, 5.74) is 4.97. The fraction of sp³-hybridized carbons (Fsp3) is 0.304. The minimum Gasteiger partial charge on any atom is -0.494 e. The van der Waals surface area contributed by atoms with Gasteiger partial charge in [-0.1, -0.05) is 6.08 Å². The van der Waals surface area contributed by atoms with Crippen LogP contribution in [0.25, 0.3) is 16.7 Å². The van der Waals surface area contributed by atoms with Crippen molar-refractivity contribution in [2.45, 2.75) is 26.3 Å². The molecule has 6 nitrogen and oxygen atoms in total. The molecule has 0 bridgehead atoms. The summed E-state index contributed by atoms with van der Waals surface area (Å²) in [5, 5.41) is 13.6. The molecule has 31 heavy (non-hydrogen) atoms. The largest absolute Gasteiger partial charge is 0.494 e. The molecule has 0 unspecified atom stereocenters. The second kappa shape index (κ2) is 8.47. The number of pyridine rings is 1. The van der Waals surface area contributed by atoms with Gasteiger partial charge in [-0.15, -0.1) is 0 Å². The molecule has 2 aromatic heterocycles. The monoisotopic (exact) mass is 427 g/mol. The zero-order chi connectivity index (χ0) is 22.1. The Morgan fingerprint density at radius 2 is 1.81 bits per heavy atom. The zero-order valence-electron chi connectivity index (χ0n) is 17.6. The van der Waals surface area contributed by atoms with Gasteiger partial charge in [-0.05, 0) is 18.6 Å². The number of aliphatic hydroxyl groups excluding tert-OH is 1. The van der Waals surface area contributed by atoms with E-state index in [0.29, 0.717) is 13.0 Å². The van der Waals surface area contributed by atoms with Crippen molar-refractivity contribution in [3.63, 3.8) is 0 Å². The number of aromatic nitrogens is 3. The van der Waals surface area contributed by atoms with Crippen LogP contribution >= 0.6 is 0 Å². The number of halogens is 2. The summed E-state index contributed by atoms with van der Waals surface area (Å²) < 4.78 is 41.5. The van der Waals surface area contributed by atoms with Crippen molar-refractivity contribution in [2.24, 2.45) is 0 Å². The van der Waals surface area contributed by atoms with E-state index < -0.39 is 11.6 Å². The number of fused-ring (bicyclic) bond motifs is 1. The van der Waals surface area contributed by atoms with Crippen molar-refractivity contribution in [2.75, 3.05) is 20.8 Å². The van der Waals surface area contributed by atoms with Crippen molar-refractivity contribution in [3.8, 4) is 22.6 Å². The molecule has 0 amide bonds. The lowest BCUT2D eigenvalue weighted by Gasteiger charge is -2.14. The van der Waals surface area contributed by atoms with E-state index in [1.807, 2.05) is 25.3 Å². The average molecular weight is 427 g/mol. The Hall–Kier alpha value is -3.26. The lowest BCUT2D eigenvalue weighted by Crippen LogP contribution is -2.03. The quantitative estimate of drug-likeness (QED) is 0.622. The molecule has 4 rings (SSSR count). The molecule has 0 saturated carbocycles. The Labute approximate surface area is 178 Å². The molecule has 0 aliphatic heterocycles. The van der Waals surface area contributed by atoms with Crippen molar-refractivity contribution >= 4 is 5.57 Å². The molecule has 3 aromatic rings. The fourth-order valence-electron chi connectivity index (χ4n) is 3.88. The van der Waals surface area contributed by atoms with Crippen molar-refractivity contribution < 1.29 is 23.4 Å². The van der Waals surface area contributed by atoms with Crippen molar-refractivity contribution in [3.05, 3.63) is 64.8 Å². The highest BCUT2D eigenvalue weighted by Crippen LogP contribution is 2.37. The SMILES string of the molecule is COc1cc(OC)c(F)c(CC2=CCc3ncc(-c4cn(CCO)nc4C)cc32)c1F. The van der Waals surface area contributed by atoms with E-state index in [-0.39, 0.29) is 30.1 Å². The fourth-order valence-corrected chi connectivity index (χ4v) is 3.88. The second-order valence-electron chi connectivity index (χ2n) is 7.33. The molecule has 0 spiro atoms. The van der Waals surface area contributed by atoms with E-state index >= 15 is 0 Å². The second-order valence-corrected chi connectivity index (χ2v) is 7.33. The Morgan fingerprint density at radius 1 is 1.10 bits per heavy atom. The van der Waals surface area contributed by atoms with Gasteiger partial charge >= 0.3 is 0 Å². The van der Waals surface area contributed by atoms with Crippen LogP contribution in [-0.2, 0) is 19.4 Å². The molecule has 0 atom stereocenters. The maximum absolute atomic E-state index is 14.9. The summed E-state index contributed by atoms with van der Waals surface area (Å²) in [6.07, 6.45) is 6.22. The van der Waals surface area contributed by atoms with Gasteiger partial charge in [0.25, 0.3) is 0 Å². The van der Waals surface area contributed by atoms with Gasteiger partial charge in [0.15, 0.2) is 23.1 Å². The van der Waals surface area contributed by atoms with E-state index in [2.05, 4.69) is 10.1 Å². The van der Waals surface area contributed by atoms with Crippen LogP contribution in [-0.4, -0.2) is 40.7 Å². The molecular weight excluding hydrogens is 404 g/mol. The lowest BCUT2D eigenvalue weighted by atomic mass is 9.97. The minimum absolute atomic E-state index is 0.00296. The number of hydrogen-bond donors (Lipinski definition) is 1. The molecular formula is C23H23F2N3O3. The van der Waals surface area contributed by atoms with Crippen molar-refractivity contribution in [1.29, 1.82) is 0 Å². The lowest BCUT2D eigenvalue weighted by molar-refractivity contribution is 0.269. The van der Waals surface area contributed by atoms with Crippen LogP contribution in [0.4, 0.5) is 8.78 Å². The summed E-state index contributed by atoms with van der Waals surface area (Å²) in [6.45, 7) is 2.29. The third kappa shape index (κ3) is 3.79. The normalized spacial score (nSPS) is 12.6. The highest BCUT2D eigenvalue weighted by molar-refractivity contribution is 5.78. The number of benzene rings is 1. The standard InChI is InChI=1S/C23H23F2N3O3/c1-13-18(12-28(27-13)6-7-29)15-9-16-14(4-5-19(16)26-11-15)8-17-22(24)20(30-2)10-21(31-3)23(17)25/h4,9-12,29H,5-8H2,1-3H3. The number of nitrogens with zero attached hydrogens (tertiary/aromatic N) is 3. The van der Waals surface area contributed by atoms with Crippen LogP contribution in [0, 0.1) is 18.6 Å². The molecule has 0 fully saturated rings. The molecule has 0 radical (unpaired) electrons. The van der Waals surface area contributed by atoms with E-state index in [4.69, 9.17) is 14.6 Å². The number of allylic oxidation sites excluding steroid dienone is 2. The molecule has 1 aromatic carbocycles. The molecule has 8 heteroatoms. The van der Waals surface area contributed by atoms with Gasteiger partial charge in [-0.25, -0.2) is 8.78 Å². The van der Waals surface area contributed by atoms with Gasteiger partial charge in [0, 0.05) is 53.6 Å². The van der Waals surface area contributed by atoms with Gasteiger partial charge in [0.05, 0.1) is 38.8 Å². The number of hydrogen-bond acceptors (Lipinski definition) is 5. The molecule has 2 heterocycles. The first kappa shape index (κ1) is 21.0. The summed E-state index contributed by atoms with van der Waals surface area (Å²) in [6, 6.07) is 3.18. The van der Waals surface area contributed by atoms with Crippen LogP contribution < -0.4 is 9.47 Å². The third-order valence-corrected chi connectivity index (χ3v) is 5.48. The first-order valence-electron chi connectivity index (χ1n) is 9.89. The molecule has 1 aliphatic rings. The van der Waals surface area contributed by atoms with Gasteiger partial charge in [-0.2, -0.15) is 5.10 Å². The molecule has 0 saturated heterocycles. The van der Waals surface area contributed by atoms with Gasteiger partial charge in [0.2, 0.25) is 0 Å². The third-order valence-electron chi connectivity index (χ3n) is 5.48. The maximum atomic E-state index is 14.9. The zero-order valence-corrected chi connectivity index (χ0v) is 17.6.